The normalized spacial score (nSPS) is 11.5. The van der Waals surface area contributed by atoms with Crippen LogP contribution < -0.4 is 15.4 Å². The van der Waals surface area contributed by atoms with Crippen molar-refractivity contribution in [3.63, 3.8) is 0 Å². The van der Waals surface area contributed by atoms with E-state index in [1.807, 2.05) is 43.3 Å². The molecule has 29 heavy (non-hydrogen) atoms. The average molecular weight is 410 g/mol. The standard InChI is InChI=1S/C22H22N2O4S/c1-15(29-19-11-9-18(27-2)10-12-19)21(25)23-14-16-5-7-17(8-6-16)24-22(26)20-4-3-13-28-20/h3-13,15H,14H2,1-2H3,(H,23,25)(H,24,26). The van der Waals surface area contributed by atoms with Crippen LogP contribution in [-0.2, 0) is 11.3 Å². The van der Waals surface area contributed by atoms with Gasteiger partial charge in [-0.3, -0.25) is 9.59 Å². The van der Waals surface area contributed by atoms with Crippen molar-refractivity contribution in [1.29, 1.82) is 0 Å². The minimum Gasteiger partial charge on any atom is -0.497 e. The van der Waals surface area contributed by atoms with Crippen LogP contribution in [0, 0.1) is 0 Å². The lowest BCUT2D eigenvalue weighted by atomic mass is 10.2. The second-order valence-corrected chi connectivity index (χ2v) is 7.70. The van der Waals surface area contributed by atoms with E-state index in [1.54, 1.807) is 31.4 Å². The second kappa shape index (κ2) is 9.84. The number of amides is 2. The van der Waals surface area contributed by atoms with Crippen LogP contribution in [0.1, 0.15) is 23.0 Å². The molecule has 7 heteroatoms. The molecule has 3 aromatic rings. The minimum absolute atomic E-state index is 0.0407. The van der Waals surface area contributed by atoms with Crippen LogP contribution in [0.5, 0.6) is 5.75 Å². The monoisotopic (exact) mass is 410 g/mol. The number of thioether (sulfide) groups is 1. The first kappa shape index (κ1) is 20.5. The molecule has 0 aliphatic carbocycles. The average Bonchev–Trinajstić information content (AvgIpc) is 3.28. The molecule has 0 aliphatic heterocycles. The van der Waals surface area contributed by atoms with E-state index in [0.29, 0.717) is 12.2 Å². The lowest BCUT2D eigenvalue weighted by Gasteiger charge is -2.13. The number of benzene rings is 2. The summed E-state index contributed by atoms with van der Waals surface area (Å²) in [4.78, 5) is 25.3. The Balaban J connectivity index is 1.47. The molecule has 0 radical (unpaired) electrons. The van der Waals surface area contributed by atoms with E-state index < -0.39 is 0 Å². The first-order valence-electron chi connectivity index (χ1n) is 9.07. The van der Waals surface area contributed by atoms with Crippen molar-refractivity contribution in [1.82, 2.24) is 5.32 Å². The lowest BCUT2D eigenvalue weighted by molar-refractivity contribution is -0.120. The molecule has 0 aliphatic rings. The molecule has 0 bridgehead atoms. The summed E-state index contributed by atoms with van der Waals surface area (Å²) >= 11 is 1.49. The minimum atomic E-state index is -0.305. The Morgan fingerprint density at radius 3 is 2.41 bits per heavy atom. The highest BCUT2D eigenvalue weighted by Crippen LogP contribution is 2.25. The van der Waals surface area contributed by atoms with Gasteiger partial charge in [0.1, 0.15) is 5.75 Å². The molecule has 6 nitrogen and oxygen atoms in total. The molecule has 2 aromatic carbocycles. The number of carbonyl (C=O) groups is 2. The van der Waals surface area contributed by atoms with E-state index in [1.165, 1.54) is 18.0 Å². The number of nitrogens with one attached hydrogen (secondary N) is 2. The first-order chi connectivity index (χ1) is 14.0. The predicted octanol–water partition coefficient (Wildman–Crippen LogP) is 4.34. The highest BCUT2D eigenvalue weighted by molar-refractivity contribution is 8.00. The SMILES string of the molecule is COc1ccc(SC(C)C(=O)NCc2ccc(NC(=O)c3ccco3)cc2)cc1. The summed E-state index contributed by atoms with van der Waals surface area (Å²) < 4.78 is 10.2. The van der Waals surface area contributed by atoms with Gasteiger partial charge in [0.15, 0.2) is 5.76 Å². The Hall–Kier alpha value is -3.19. The van der Waals surface area contributed by atoms with Gasteiger partial charge in [0.05, 0.1) is 18.6 Å². The number of ether oxygens (including phenoxy) is 1. The molecule has 0 saturated carbocycles. The summed E-state index contributed by atoms with van der Waals surface area (Å²) in [5.41, 5.74) is 1.60. The van der Waals surface area contributed by atoms with Gasteiger partial charge >= 0.3 is 0 Å². The van der Waals surface area contributed by atoms with Crippen molar-refractivity contribution < 1.29 is 18.7 Å². The van der Waals surface area contributed by atoms with Gasteiger partial charge in [-0.05, 0) is 61.0 Å². The fraction of sp³-hybridized carbons (Fsp3) is 0.182. The zero-order valence-electron chi connectivity index (χ0n) is 16.2. The highest BCUT2D eigenvalue weighted by Gasteiger charge is 2.14. The molecule has 2 amide bonds. The van der Waals surface area contributed by atoms with Gasteiger partial charge in [-0.1, -0.05) is 12.1 Å². The number of methoxy groups -OCH3 is 1. The summed E-state index contributed by atoms with van der Waals surface area (Å²) in [6.45, 7) is 2.29. The third kappa shape index (κ3) is 5.89. The number of hydrogen-bond acceptors (Lipinski definition) is 5. The Bertz CT molecular complexity index is 938. The summed E-state index contributed by atoms with van der Waals surface area (Å²) in [7, 11) is 1.62. The molecular weight excluding hydrogens is 388 g/mol. The molecular formula is C22H22N2O4S. The van der Waals surface area contributed by atoms with Gasteiger partial charge in [0, 0.05) is 17.1 Å². The molecule has 3 rings (SSSR count). The van der Waals surface area contributed by atoms with E-state index in [2.05, 4.69) is 10.6 Å². The number of hydrogen-bond donors (Lipinski definition) is 2. The molecule has 1 heterocycles. The summed E-state index contributed by atoms with van der Waals surface area (Å²) in [6.07, 6.45) is 1.45. The van der Waals surface area contributed by atoms with E-state index in [-0.39, 0.29) is 22.8 Å². The zero-order chi connectivity index (χ0) is 20.6. The number of furan rings is 1. The third-order valence-electron chi connectivity index (χ3n) is 4.17. The summed E-state index contributed by atoms with van der Waals surface area (Å²) in [5, 5.41) is 5.47. The quantitative estimate of drug-likeness (QED) is 0.540. The third-order valence-corrected chi connectivity index (χ3v) is 5.28. The number of carbonyl (C=O) groups excluding carboxylic acids is 2. The molecule has 0 spiro atoms. The van der Waals surface area contributed by atoms with Gasteiger partial charge in [-0.25, -0.2) is 0 Å². The zero-order valence-corrected chi connectivity index (χ0v) is 17.0. The molecule has 0 fully saturated rings. The molecule has 1 aromatic heterocycles. The molecule has 1 atom stereocenters. The van der Waals surface area contributed by atoms with Crippen molar-refractivity contribution in [2.45, 2.75) is 23.6 Å². The van der Waals surface area contributed by atoms with Gasteiger partial charge in [-0.2, -0.15) is 0 Å². The summed E-state index contributed by atoms with van der Waals surface area (Å²) in [6, 6.07) is 18.2. The van der Waals surface area contributed by atoms with Crippen molar-refractivity contribution >= 4 is 29.3 Å². The largest absolute Gasteiger partial charge is 0.497 e. The van der Waals surface area contributed by atoms with Crippen LogP contribution in [-0.4, -0.2) is 24.2 Å². The van der Waals surface area contributed by atoms with Crippen molar-refractivity contribution in [3.8, 4) is 5.75 Å². The molecule has 2 N–H and O–H groups in total. The fourth-order valence-electron chi connectivity index (χ4n) is 2.55. The smallest absolute Gasteiger partial charge is 0.291 e. The summed E-state index contributed by atoms with van der Waals surface area (Å²) in [5.74, 6) is 0.696. The van der Waals surface area contributed by atoms with Crippen LogP contribution in [0.2, 0.25) is 0 Å². The van der Waals surface area contributed by atoms with E-state index in [0.717, 1.165) is 16.2 Å². The Morgan fingerprint density at radius 1 is 1.07 bits per heavy atom. The van der Waals surface area contributed by atoms with E-state index in [4.69, 9.17) is 9.15 Å². The molecule has 150 valence electrons. The van der Waals surface area contributed by atoms with Crippen LogP contribution in [0.15, 0.2) is 76.2 Å². The van der Waals surface area contributed by atoms with Crippen LogP contribution >= 0.6 is 11.8 Å². The maximum atomic E-state index is 12.4. The van der Waals surface area contributed by atoms with Crippen molar-refractivity contribution in [3.05, 3.63) is 78.3 Å². The lowest BCUT2D eigenvalue weighted by Crippen LogP contribution is -2.30. The molecule has 1 unspecified atom stereocenters. The maximum Gasteiger partial charge on any atom is 0.291 e. The van der Waals surface area contributed by atoms with Crippen LogP contribution in [0.4, 0.5) is 5.69 Å². The van der Waals surface area contributed by atoms with Crippen molar-refractivity contribution in [2.24, 2.45) is 0 Å². The predicted molar refractivity (Wildman–Crippen MR) is 113 cm³/mol. The van der Waals surface area contributed by atoms with E-state index in [9.17, 15) is 9.59 Å². The van der Waals surface area contributed by atoms with Gasteiger partial charge in [-0.15, -0.1) is 11.8 Å². The number of rotatable bonds is 8. The van der Waals surface area contributed by atoms with Crippen molar-refractivity contribution in [2.75, 3.05) is 12.4 Å². The Morgan fingerprint density at radius 2 is 1.79 bits per heavy atom. The van der Waals surface area contributed by atoms with Gasteiger partial charge < -0.3 is 19.8 Å². The maximum absolute atomic E-state index is 12.4. The van der Waals surface area contributed by atoms with Gasteiger partial charge in [0.2, 0.25) is 5.91 Å². The van der Waals surface area contributed by atoms with E-state index >= 15 is 0 Å². The first-order valence-corrected chi connectivity index (χ1v) is 9.95. The highest BCUT2D eigenvalue weighted by atomic mass is 32.2. The molecule has 0 saturated heterocycles. The van der Waals surface area contributed by atoms with Crippen LogP contribution in [0.25, 0.3) is 0 Å². The second-order valence-electron chi connectivity index (χ2n) is 6.28. The van der Waals surface area contributed by atoms with Gasteiger partial charge in [0.25, 0.3) is 5.91 Å². The Kier molecular flexibility index (Phi) is 6.97. The fourth-order valence-corrected chi connectivity index (χ4v) is 3.44. The topological polar surface area (TPSA) is 80.6 Å². The number of anilines is 1. The van der Waals surface area contributed by atoms with Crippen LogP contribution in [0.3, 0.4) is 0 Å². The Labute approximate surface area is 173 Å².